The number of carbonyl (C=O) groups excluding carboxylic acids is 1. The highest BCUT2D eigenvalue weighted by Crippen LogP contribution is 2.13. The number of aromatic nitrogens is 2. The van der Waals surface area contributed by atoms with E-state index >= 15 is 0 Å². The summed E-state index contributed by atoms with van der Waals surface area (Å²) in [5.74, 6) is -0.0417. The second-order valence-electron chi connectivity index (χ2n) is 4.02. The number of amides is 1. The van der Waals surface area contributed by atoms with E-state index in [0.717, 1.165) is 0 Å². The maximum atomic E-state index is 12.0. The zero-order valence-corrected chi connectivity index (χ0v) is 10.2. The third-order valence-electron chi connectivity index (χ3n) is 2.66. The zero-order valence-electron chi connectivity index (χ0n) is 9.36. The van der Waals surface area contributed by atoms with Crippen LogP contribution in [0.15, 0.2) is 11.1 Å². The van der Waals surface area contributed by atoms with Crippen LogP contribution in [0.25, 0.3) is 0 Å². The van der Waals surface area contributed by atoms with Crippen LogP contribution >= 0.6 is 0 Å². The predicted octanol–water partition coefficient (Wildman–Crippen LogP) is -0.725. The molecule has 1 unspecified atom stereocenters. The van der Waals surface area contributed by atoms with Gasteiger partial charge in [0.05, 0.1) is 11.9 Å². The van der Waals surface area contributed by atoms with Crippen LogP contribution in [0.2, 0.25) is 0 Å². The Hall–Kier alpha value is -1.41. The molecule has 17 heavy (non-hydrogen) atoms. The summed E-state index contributed by atoms with van der Waals surface area (Å²) in [6, 6.07) is -0.257. The third-order valence-corrected chi connectivity index (χ3v) is 4.29. The number of carbonyl (C=O) groups is 1. The summed E-state index contributed by atoms with van der Waals surface area (Å²) in [6.07, 6.45) is 2.14. The minimum absolute atomic E-state index is 0.0417. The number of hydrogen-bond acceptors (Lipinski definition) is 4. The van der Waals surface area contributed by atoms with E-state index in [1.807, 2.05) is 0 Å². The van der Waals surface area contributed by atoms with Crippen molar-refractivity contribution >= 4 is 15.9 Å². The van der Waals surface area contributed by atoms with Gasteiger partial charge in [-0.1, -0.05) is 0 Å². The number of sulfonamides is 1. The summed E-state index contributed by atoms with van der Waals surface area (Å²) in [5.41, 5.74) is 0.498. The maximum absolute atomic E-state index is 12.0. The number of aryl methyl sites for hydroxylation is 1. The molecule has 2 rings (SSSR count). The number of nitrogens with one attached hydrogen (secondary N) is 3. The third kappa shape index (κ3) is 2.64. The Morgan fingerprint density at radius 1 is 1.53 bits per heavy atom. The first kappa shape index (κ1) is 12.1. The fourth-order valence-corrected chi connectivity index (χ4v) is 3.13. The molecule has 8 heteroatoms. The average molecular weight is 258 g/mol. The van der Waals surface area contributed by atoms with Crippen LogP contribution in [-0.4, -0.2) is 37.1 Å². The second kappa shape index (κ2) is 4.46. The Kier molecular flexibility index (Phi) is 3.16. The van der Waals surface area contributed by atoms with Crippen LogP contribution < -0.4 is 10.0 Å². The van der Waals surface area contributed by atoms with Gasteiger partial charge in [-0.2, -0.15) is 5.10 Å². The van der Waals surface area contributed by atoms with Crippen LogP contribution in [-0.2, 0) is 14.8 Å². The lowest BCUT2D eigenvalue weighted by Gasteiger charge is -2.23. The number of aromatic amines is 1. The summed E-state index contributed by atoms with van der Waals surface area (Å²) in [7, 11) is -3.56. The van der Waals surface area contributed by atoms with Gasteiger partial charge in [0, 0.05) is 19.0 Å². The molecule has 1 aliphatic rings. The summed E-state index contributed by atoms with van der Waals surface area (Å²) in [5, 5.41) is 8.88. The SMILES string of the molecule is Cc1[nH]ncc1S(=O)(=O)NC1CCC(=O)NC1. The van der Waals surface area contributed by atoms with E-state index in [1.54, 1.807) is 6.92 Å². The van der Waals surface area contributed by atoms with Gasteiger partial charge >= 0.3 is 0 Å². The monoisotopic (exact) mass is 258 g/mol. The molecule has 1 fully saturated rings. The van der Waals surface area contributed by atoms with E-state index in [9.17, 15) is 13.2 Å². The Morgan fingerprint density at radius 2 is 2.29 bits per heavy atom. The van der Waals surface area contributed by atoms with E-state index < -0.39 is 10.0 Å². The molecule has 1 aliphatic heterocycles. The number of H-pyrrole nitrogens is 1. The normalized spacial score (nSPS) is 21.2. The van der Waals surface area contributed by atoms with Gasteiger partial charge < -0.3 is 5.32 Å². The minimum Gasteiger partial charge on any atom is -0.355 e. The van der Waals surface area contributed by atoms with Gasteiger partial charge in [0.1, 0.15) is 4.90 Å². The van der Waals surface area contributed by atoms with Gasteiger partial charge in [-0.25, -0.2) is 13.1 Å². The van der Waals surface area contributed by atoms with Crippen molar-refractivity contribution in [3.63, 3.8) is 0 Å². The second-order valence-corrected chi connectivity index (χ2v) is 5.70. The molecule has 1 atom stereocenters. The largest absolute Gasteiger partial charge is 0.355 e. The summed E-state index contributed by atoms with van der Waals surface area (Å²) in [4.78, 5) is 11.1. The fraction of sp³-hybridized carbons (Fsp3) is 0.556. The van der Waals surface area contributed by atoms with Crippen LogP contribution in [0.1, 0.15) is 18.5 Å². The lowest BCUT2D eigenvalue weighted by Crippen LogP contribution is -2.47. The molecule has 0 saturated carbocycles. The molecule has 0 spiro atoms. The fourth-order valence-electron chi connectivity index (χ4n) is 1.73. The lowest BCUT2D eigenvalue weighted by atomic mass is 10.1. The Balaban J connectivity index is 2.08. The van der Waals surface area contributed by atoms with Crippen molar-refractivity contribution in [1.29, 1.82) is 0 Å². The van der Waals surface area contributed by atoms with Gasteiger partial charge in [0.2, 0.25) is 15.9 Å². The molecule has 0 bridgehead atoms. The van der Waals surface area contributed by atoms with Gasteiger partial charge in [-0.15, -0.1) is 0 Å². The molecule has 1 saturated heterocycles. The number of hydrogen-bond donors (Lipinski definition) is 3. The van der Waals surface area contributed by atoms with Crippen molar-refractivity contribution in [2.45, 2.75) is 30.7 Å². The van der Waals surface area contributed by atoms with Crippen LogP contribution in [0, 0.1) is 6.92 Å². The van der Waals surface area contributed by atoms with Gasteiger partial charge in [0.15, 0.2) is 0 Å². The molecular weight excluding hydrogens is 244 g/mol. The van der Waals surface area contributed by atoms with Crippen molar-refractivity contribution in [1.82, 2.24) is 20.2 Å². The predicted molar refractivity (Wildman–Crippen MR) is 59.7 cm³/mol. The Labute approximate surface area is 99.0 Å². The lowest BCUT2D eigenvalue weighted by molar-refractivity contribution is -0.122. The van der Waals surface area contributed by atoms with E-state index in [0.29, 0.717) is 25.1 Å². The number of nitrogens with zero attached hydrogens (tertiary/aromatic N) is 1. The Morgan fingerprint density at radius 3 is 2.82 bits per heavy atom. The first-order valence-corrected chi connectivity index (χ1v) is 6.76. The van der Waals surface area contributed by atoms with Gasteiger partial charge in [-0.05, 0) is 13.3 Å². The van der Waals surface area contributed by atoms with Crippen molar-refractivity contribution in [3.8, 4) is 0 Å². The van der Waals surface area contributed by atoms with E-state index in [2.05, 4.69) is 20.2 Å². The quantitative estimate of drug-likeness (QED) is 0.665. The molecule has 7 nitrogen and oxygen atoms in total. The van der Waals surface area contributed by atoms with Crippen LogP contribution in [0.3, 0.4) is 0 Å². The molecule has 1 amide bonds. The van der Waals surface area contributed by atoms with E-state index in [1.165, 1.54) is 6.20 Å². The van der Waals surface area contributed by atoms with E-state index in [-0.39, 0.29) is 16.8 Å². The summed E-state index contributed by atoms with van der Waals surface area (Å²) < 4.78 is 26.5. The highest BCUT2D eigenvalue weighted by atomic mass is 32.2. The van der Waals surface area contributed by atoms with Crippen molar-refractivity contribution in [2.75, 3.05) is 6.54 Å². The first-order valence-electron chi connectivity index (χ1n) is 5.28. The maximum Gasteiger partial charge on any atom is 0.244 e. The standard InChI is InChI=1S/C9H14N4O3S/c1-6-8(5-11-12-6)17(15,16)13-7-2-3-9(14)10-4-7/h5,7,13H,2-4H2,1H3,(H,10,14)(H,11,12). The van der Waals surface area contributed by atoms with Gasteiger partial charge in [0.25, 0.3) is 0 Å². The molecule has 0 aliphatic carbocycles. The molecule has 0 aromatic carbocycles. The summed E-state index contributed by atoms with van der Waals surface area (Å²) >= 11 is 0. The van der Waals surface area contributed by atoms with Crippen LogP contribution in [0.5, 0.6) is 0 Å². The first-order chi connectivity index (χ1) is 7.99. The summed E-state index contributed by atoms with van der Waals surface area (Å²) in [6.45, 7) is 1.97. The topological polar surface area (TPSA) is 104 Å². The average Bonchev–Trinajstić information content (AvgIpc) is 2.68. The zero-order chi connectivity index (χ0) is 12.5. The number of piperidine rings is 1. The van der Waals surface area contributed by atoms with Gasteiger partial charge in [-0.3, -0.25) is 9.89 Å². The minimum atomic E-state index is -3.56. The molecular formula is C9H14N4O3S. The Bertz CT molecular complexity index is 512. The molecule has 0 radical (unpaired) electrons. The van der Waals surface area contributed by atoms with Crippen molar-refractivity contribution in [3.05, 3.63) is 11.9 Å². The van der Waals surface area contributed by atoms with Crippen molar-refractivity contribution < 1.29 is 13.2 Å². The molecule has 1 aromatic heterocycles. The molecule has 1 aromatic rings. The smallest absolute Gasteiger partial charge is 0.244 e. The molecule has 2 heterocycles. The van der Waals surface area contributed by atoms with Crippen LogP contribution in [0.4, 0.5) is 0 Å². The number of rotatable bonds is 3. The van der Waals surface area contributed by atoms with Crippen molar-refractivity contribution in [2.24, 2.45) is 0 Å². The van der Waals surface area contributed by atoms with E-state index in [4.69, 9.17) is 0 Å². The molecule has 3 N–H and O–H groups in total. The molecule has 94 valence electrons. The highest BCUT2D eigenvalue weighted by Gasteiger charge is 2.25. The highest BCUT2D eigenvalue weighted by molar-refractivity contribution is 7.89.